The molecule has 3 N–H and O–H groups in total. The molecule has 0 radical (unpaired) electrons. The van der Waals surface area contributed by atoms with E-state index in [-0.39, 0.29) is 12.0 Å². The van der Waals surface area contributed by atoms with Gasteiger partial charge in [-0.2, -0.15) is 4.68 Å². The molecule has 54 valence electrons. The van der Waals surface area contributed by atoms with Gasteiger partial charge in [0.1, 0.15) is 6.33 Å². The molecule has 0 spiro atoms. The van der Waals surface area contributed by atoms with Gasteiger partial charge >= 0.3 is 6.03 Å². The second kappa shape index (κ2) is 2.34. The highest BCUT2D eigenvalue weighted by Crippen LogP contribution is 1.86. The average Bonchev–Trinajstić information content (AvgIpc) is 2.34. The topological polar surface area (TPSA) is 85.8 Å². The highest BCUT2D eigenvalue weighted by atomic mass is 16.2. The maximum Gasteiger partial charge on any atom is 0.343 e. The second-order valence-corrected chi connectivity index (χ2v) is 1.60. The molecule has 1 rings (SSSR count). The molecule has 0 aliphatic rings. The molecule has 1 heterocycles. The minimum absolute atomic E-state index is 0.0867. The van der Waals surface area contributed by atoms with Crippen LogP contribution >= 0.6 is 0 Å². The fraction of sp³-hybridized carbons (Fsp3) is 0.250. The van der Waals surface area contributed by atoms with E-state index in [4.69, 9.17) is 5.73 Å². The zero-order valence-electron chi connectivity index (χ0n) is 5.40. The van der Waals surface area contributed by atoms with Gasteiger partial charge in [-0.05, 0) is 0 Å². The Morgan fingerprint density at radius 3 is 3.00 bits per heavy atom. The second-order valence-electron chi connectivity index (χ2n) is 1.60. The molecule has 1 aromatic heterocycles. The summed E-state index contributed by atoms with van der Waals surface area (Å²) in [6.07, 6.45) is 1.24. The molecule has 0 saturated carbocycles. The molecule has 0 aromatic carbocycles. The van der Waals surface area contributed by atoms with Gasteiger partial charge in [-0.1, -0.05) is 0 Å². The number of nitrogens with zero attached hydrogens (tertiary/aromatic N) is 3. The van der Waals surface area contributed by atoms with Crippen LogP contribution in [0.2, 0.25) is 0 Å². The molecule has 0 bridgehead atoms. The average molecular weight is 141 g/mol. The van der Waals surface area contributed by atoms with Crippen molar-refractivity contribution >= 4 is 12.0 Å². The van der Waals surface area contributed by atoms with Gasteiger partial charge in [-0.25, -0.2) is 9.78 Å². The first-order chi connectivity index (χ1) is 4.74. The fourth-order valence-corrected chi connectivity index (χ4v) is 0.488. The van der Waals surface area contributed by atoms with E-state index in [0.717, 1.165) is 4.68 Å². The molecule has 10 heavy (non-hydrogen) atoms. The zero-order chi connectivity index (χ0) is 7.56. The van der Waals surface area contributed by atoms with E-state index in [9.17, 15) is 4.79 Å². The Morgan fingerprint density at radius 2 is 2.60 bits per heavy atom. The number of carbonyl (C=O) groups is 1. The highest BCUT2D eigenvalue weighted by Gasteiger charge is 2.01. The van der Waals surface area contributed by atoms with E-state index in [1.54, 1.807) is 0 Å². The van der Waals surface area contributed by atoms with Crippen molar-refractivity contribution in [2.45, 2.75) is 0 Å². The first-order valence-electron chi connectivity index (χ1n) is 2.63. The largest absolute Gasteiger partial charge is 0.366 e. The van der Waals surface area contributed by atoms with Crippen LogP contribution in [0.25, 0.3) is 0 Å². The fourth-order valence-electron chi connectivity index (χ4n) is 0.488. The van der Waals surface area contributed by atoms with Crippen molar-refractivity contribution in [3.63, 3.8) is 0 Å². The van der Waals surface area contributed by atoms with E-state index in [2.05, 4.69) is 15.4 Å². The number of nitrogens with one attached hydrogen (secondary N) is 1. The van der Waals surface area contributed by atoms with Crippen LogP contribution in [-0.2, 0) is 0 Å². The number of nitrogen functional groups attached to an aromatic ring is 1. The van der Waals surface area contributed by atoms with Gasteiger partial charge in [0, 0.05) is 7.05 Å². The van der Waals surface area contributed by atoms with Gasteiger partial charge in [0.05, 0.1) is 0 Å². The van der Waals surface area contributed by atoms with Gasteiger partial charge in [0.2, 0.25) is 5.95 Å². The van der Waals surface area contributed by atoms with Crippen molar-refractivity contribution in [3.05, 3.63) is 6.33 Å². The lowest BCUT2D eigenvalue weighted by atomic mass is 11.0. The standard InChI is InChI=1S/C4H7N5O/c1-6-4(10)9-2-7-3(5)8-9/h2H,1H3,(H2,5,8)(H,6,10). The number of carbonyl (C=O) groups excluding carboxylic acids is 1. The van der Waals surface area contributed by atoms with Crippen molar-refractivity contribution in [2.75, 3.05) is 12.8 Å². The van der Waals surface area contributed by atoms with Crippen molar-refractivity contribution in [1.82, 2.24) is 20.1 Å². The molecular formula is C4H7N5O. The van der Waals surface area contributed by atoms with Crippen LogP contribution in [-0.4, -0.2) is 27.8 Å². The van der Waals surface area contributed by atoms with Crippen LogP contribution in [0.1, 0.15) is 0 Å². The molecule has 0 fully saturated rings. The Balaban J connectivity index is 2.85. The van der Waals surface area contributed by atoms with Gasteiger partial charge in [0.25, 0.3) is 0 Å². The number of rotatable bonds is 0. The number of hydrogen-bond acceptors (Lipinski definition) is 4. The lowest BCUT2D eigenvalue weighted by Gasteiger charge is -1.93. The van der Waals surface area contributed by atoms with Crippen LogP contribution in [0.15, 0.2) is 6.33 Å². The maximum atomic E-state index is 10.7. The predicted octanol–water partition coefficient (Wildman–Crippen LogP) is -0.952. The summed E-state index contributed by atoms with van der Waals surface area (Å²) in [4.78, 5) is 14.3. The summed E-state index contributed by atoms with van der Waals surface area (Å²) in [5.74, 6) is 0.0867. The summed E-state index contributed by atoms with van der Waals surface area (Å²) in [6, 6.07) is -0.357. The lowest BCUT2D eigenvalue weighted by Crippen LogP contribution is -2.24. The van der Waals surface area contributed by atoms with E-state index >= 15 is 0 Å². The molecule has 0 atom stereocenters. The van der Waals surface area contributed by atoms with Gasteiger partial charge < -0.3 is 11.1 Å². The molecule has 0 aliphatic carbocycles. The van der Waals surface area contributed by atoms with Gasteiger partial charge in [-0.15, -0.1) is 5.10 Å². The van der Waals surface area contributed by atoms with E-state index in [1.165, 1.54) is 13.4 Å². The van der Waals surface area contributed by atoms with Gasteiger partial charge in [-0.3, -0.25) is 0 Å². The third kappa shape index (κ3) is 1.04. The van der Waals surface area contributed by atoms with Crippen LogP contribution < -0.4 is 11.1 Å². The smallest absolute Gasteiger partial charge is 0.343 e. The van der Waals surface area contributed by atoms with Gasteiger partial charge in [0.15, 0.2) is 0 Å². The third-order valence-corrected chi connectivity index (χ3v) is 0.932. The molecule has 0 aliphatic heterocycles. The highest BCUT2D eigenvalue weighted by molar-refractivity contribution is 5.75. The number of anilines is 1. The predicted molar refractivity (Wildman–Crippen MR) is 34.3 cm³/mol. The van der Waals surface area contributed by atoms with Crippen molar-refractivity contribution < 1.29 is 4.79 Å². The number of hydrogen-bond donors (Lipinski definition) is 2. The first-order valence-corrected chi connectivity index (χ1v) is 2.63. The lowest BCUT2D eigenvalue weighted by molar-refractivity contribution is 0.241. The summed E-state index contributed by atoms with van der Waals surface area (Å²) < 4.78 is 1.02. The van der Waals surface area contributed by atoms with E-state index in [0.29, 0.717) is 0 Å². The summed E-state index contributed by atoms with van der Waals surface area (Å²) in [5, 5.41) is 5.91. The monoisotopic (exact) mass is 141 g/mol. The van der Waals surface area contributed by atoms with Crippen LogP contribution in [0.4, 0.5) is 10.7 Å². The quantitative estimate of drug-likeness (QED) is 0.487. The molecule has 0 unspecified atom stereocenters. The summed E-state index contributed by atoms with van der Waals surface area (Å²) in [5.41, 5.74) is 5.15. The SMILES string of the molecule is CNC(=O)n1cnc(N)n1. The van der Waals surface area contributed by atoms with Crippen LogP contribution in [0, 0.1) is 0 Å². The molecule has 0 saturated heterocycles. The van der Waals surface area contributed by atoms with E-state index in [1.807, 2.05) is 0 Å². The molecule has 6 nitrogen and oxygen atoms in total. The Kier molecular flexibility index (Phi) is 1.53. The minimum atomic E-state index is -0.357. The molecule has 1 amide bonds. The Bertz CT molecular complexity index is 242. The Hall–Kier alpha value is -1.59. The molecular weight excluding hydrogens is 134 g/mol. The first kappa shape index (κ1) is 6.53. The van der Waals surface area contributed by atoms with Crippen molar-refractivity contribution in [3.8, 4) is 0 Å². The van der Waals surface area contributed by atoms with Crippen LogP contribution in [0.3, 0.4) is 0 Å². The number of nitrogens with two attached hydrogens (primary N) is 1. The van der Waals surface area contributed by atoms with Crippen molar-refractivity contribution in [1.29, 1.82) is 0 Å². The summed E-state index contributed by atoms with van der Waals surface area (Å²) in [6.45, 7) is 0. The maximum absolute atomic E-state index is 10.7. The summed E-state index contributed by atoms with van der Waals surface area (Å²) >= 11 is 0. The molecule has 1 aromatic rings. The molecule has 6 heteroatoms. The number of amides is 1. The normalized spacial score (nSPS) is 9.30. The third-order valence-electron chi connectivity index (χ3n) is 0.932. The minimum Gasteiger partial charge on any atom is -0.366 e. The number of aromatic nitrogens is 3. The Labute approximate surface area is 57.0 Å². The van der Waals surface area contributed by atoms with Crippen molar-refractivity contribution in [2.24, 2.45) is 0 Å². The van der Waals surface area contributed by atoms with E-state index < -0.39 is 0 Å². The Morgan fingerprint density at radius 1 is 1.90 bits per heavy atom. The summed E-state index contributed by atoms with van der Waals surface area (Å²) in [7, 11) is 1.50. The van der Waals surface area contributed by atoms with Crippen LogP contribution in [0.5, 0.6) is 0 Å². The zero-order valence-corrected chi connectivity index (χ0v) is 5.40.